The van der Waals surface area contributed by atoms with Gasteiger partial charge < -0.3 is 9.80 Å². The Morgan fingerprint density at radius 1 is 1.14 bits per heavy atom. The van der Waals surface area contributed by atoms with Crippen molar-refractivity contribution in [2.45, 2.75) is 18.9 Å². The summed E-state index contributed by atoms with van der Waals surface area (Å²) in [6.07, 6.45) is -4.01. The van der Waals surface area contributed by atoms with Gasteiger partial charge in [0, 0.05) is 19.6 Å². The minimum absolute atomic E-state index is 0.0525. The van der Waals surface area contributed by atoms with Gasteiger partial charge in [0.05, 0.1) is 0 Å². The Bertz CT molecular complexity index is 452. The summed E-state index contributed by atoms with van der Waals surface area (Å²) in [5.74, 6) is -6.51. The van der Waals surface area contributed by atoms with Crippen molar-refractivity contribution >= 4 is 5.91 Å². The van der Waals surface area contributed by atoms with Gasteiger partial charge in [-0.1, -0.05) is 30.3 Å². The van der Waals surface area contributed by atoms with Crippen LogP contribution < -0.4 is 0 Å². The van der Waals surface area contributed by atoms with Gasteiger partial charge in [-0.2, -0.15) is 8.78 Å². The molecule has 7 heteroatoms. The molecule has 1 rings (SSSR count). The highest BCUT2D eigenvalue weighted by atomic mass is 19.3. The number of alkyl halides is 4. The number of benzene rings is 1. The van der Waals surface area contributed by atoms with Crippen LogP contribution in [-0.2, 0) is 11.3 Å². The first kappa shape index (κ1) is 17.4. The zero-order valence-corrected chi connectivity index (χ0v) is 11.9. The van der Waals surface area contributed by atoms with Crippen molar-refractivity contribution in [2.24, 2.45) is 0 Å². The van der Waals surface area contributed by atoms with Crippen LogP contribution in [-0.4, -0.2) is 55.2 Å². The van der Waals surface area contributed by atoms with Crippen molar-refractivity contribution in [1.29, 1.82) is 0 Å². The number of hydrogen-bond acceptors (Lipinski definition) is 2. The van der Waals surface area contributed by atoms with E-state index < -0.39 is 18.3 Å². The van der Waals surface area contributed by atoms with Crippen molar-refractivity contribution in [3.8, 4) is 0 Å². The Morgan fingerprint density at radius 3 is 2.19 bits per heavy atom. The number of nitrogens with zero attached hydrogens (tertiary/aromatic N) is 2. The molecule has 0 aliphatic carbocycles. The molecule has 0 saturated heterocycles. The molecule has 0 unspecified atom stereocenters. The fraction of sp³-hybridized carbons (Fsp3) is 0.500. The Balaban J connectivity index is 2.89. The van der Waals surface area contributed by atoms with Gasteiger partial charge in [-0.3, -0.25) is 4.79 Å². The second-order valence-corrected chi connectivity index (χ2v) is 4.94. The molecule has 0 fully saturated rings. The Morgan fingerprint density at radius 2 is 1.71 bits per heavy atom. The van der Waals surface area contributed by atoms with E-state index >= 15 is 0 Å². The normalized spacial score (nSPS) is 12.0. The first-order valence-corrected chi connectivity index (χ1v) is 6.39. The first-order valence-electron chi connectivity index (χ1n) is 6.39. The molecule has 1 aromatic carbocycles. The molecule has 21 heavy (non-hydrogen) atoms. The Kier molecular flexibility index (Phi) is 6.14. The van der Waals surface area contributed by atoms with Crippen molar-refractivity contribution < 1.29 is 22.4 Å². The van der Waals surface area contributed by atoms with Crippen LogP contribution in [0.5, 0.6) is 0 Å². The van der Waals surface area contributed by atoms with Gasteiger partial charge >= 0.3 is 12.3 Å². The molecule has 3 nitrogen and oxygen atoms in total. The SMILES string of the molecule is CN(C)CCN(Cc1ccccc1)C(=O)C(F)(F)C(F)F. The van der Waals surface area contributed by atoms with E-state index in [2.05, 4.69) is 0 Å². The van der Waals surface area contributed by atoms with Gasteiger partial charge in [0.1, 0.15) is 0 Å². The zero-order valence-electron chi connectivity index (χ0n) is 11.9. The molecule has 0 aliphatic rings. The summed E-state index contributed by atoms with van der Waals surface area (Å²) < 4.78 is 51.2. The molecule has 1 amide bonds. The lowest BCUT2D eigenvalue weighted by molar-refractivity contribution is -0.181. The standard InChI is InChI=1S/C14H18F4N2O/c1-19(2)8-9-20(10-11-6-4-3-5-7-11)13(21)14(17,18)12(15)16/h3-7,12H,8-10H2,1-2H3. The number of likely N-dealkylation sites (N-methyl/N-ethyl adjacent to an activating group) is 1. The molecule has 0 aliphatic heterocycles. The van der Waals surface area contributed by atoms with Crippen molar-refractivity contribution in [3.63, 3.8) is 0 Å². The third kappa shape index (κ3) is 5.00. The molecule has 0 spiro atoms. The van der Waals surface area contributed by atoms with E-state index in [-0.39, 0.29) is 13.1 Å². The fourth-order valence-electron chi connectivity index (χ4n) is 1.68. The predicted octanol–water partition coefficient (Wildman–Crippen LogP) is 2.48. The summed E-state index contributed by atoms with van der Waals surface area (Å²) in [7, 11) is 3.41. The molecule has 0 atom stereocenters. The zero-order chi connectivity index (χ0) is 16.0. The highest BCUT2D eigenvalue weighted by molar-refractivity contribution is 5.84. The predicted molar refractivity (Wildman–Crippen MR) is 71.4 cm³/mol. The van der Waals surface area contributed by atoms with Crippen molar-refractivity contribution in [2.75, 3.05) is 27.2 Å². The Hall–Kier alpha value is -1.63. The minimum Gasteiger partial charge on any atom is -0.332 e. The number of carbonyl (C=O) groups excluding carboxylic acids is 1. The average molecular weight is 306 g/mol. The third-order valence-electron chi connectivity index (χ3n) is 2.88. The van der Waals surface area contributed by atoms with E-state index in [1.54, 1.807) is 49.3 Å². The van der Waals surface area contributed by atoms with Crippen LogP contribution in [0.1, 0.15) is 5.56 Å². The van der Waals surface area contributed by atoms with Crippen LogP contribution in [0.3, 0.4) is 0 Å². The largest absolute Gasteiger partial charge is 0.383 e. The summed E-state index contributed by atoms with van der Waals surface area (Å²) in [6.45, 7) is 0.122. The van der Waals surface area contributed by atoms with Crippen LogP contribution in [0.4, 0.5) is 17.6 Å². The third-order valence-corrected chi connectivity index (χ3v) is 2.88. The van der Waals surface area contributed by atoms with Crippen LogP contribution in [0.2, 0.25) is 0 Å². The van der Waals surface area contributed by atoms with E-state index in [1.807, 2.05) is 0 Å². The quantitative estimate of drug-likeness (QED) is 0.723. The molecule has 0 heterocycles. The summed E-state index contributed by atoms with van der Waals surface area (Å²) in [6, 6.07) is 8.42. The second kappa shape index (κ2) is 7.40. The number of rotatable bonds is 7. The van der Waals surface area contributed by atoms with E-state index in [4.69, 9.17) is 0 Å². The topological polar surface area (TPSA) is 23.6 Å². The smallest absolute Gasteiger partial charge is 0.332 e. The van der Waals surface area contributed by atoms with Crippen LogP contribution in [0, 0.1) is 0 Å². The number of carbonyl (C=O) groups is 1. The van der Waals surface area contributed by atoms with Gasteiger partial charge in [-0.15, -0.1) is 0 Å². The molecule has 1 aromatic rings. The highest BCUT2D eigenvalue weighted by Gasteiger charge is 2.51. The summed E-state index contributed by atoms with van der Waals surface area (Å²) in [4.78, 5) is 14.2. The molecular formula is C14H18F4N2O. The van der Waals surface area contributed by atoms with Crippen LogP contribution in [0.15, 0.2) is 30.3 Å². The maximum Gasteiger partial charge on any atom is 0.383 e. The van der Waals surface area contributed by atoms with Gasteiger partial charge in [-0.25, -0.2) is 8.78 Å². The van der Waals surface area contributed by atoms with Gasteiger partial charge in [0.15, 0.2) is 0 Å². The maximum absolute atomic E-state index is 13.3. The van der Waals surface area contributed by atoms with Gasteiger partial charge in [0.25, 0.3) is 5.91 Å². The fourth-order valence-corrected chi connectivity index (χ4v) is 1.68. The monoisotopic (exact) mass is 306 g/mol. The minimum atomic E-state index is -4.67. The Labute approximate surface area is 121 Å². The van der Waals surface area contributed by atoms with E-state index in [1.165, 1.54) is 0 Å². The van der Waals surface area contributed by atoms with Crippen molar-refractivity contribution in [1.82, 2.24) is 9.80 Å². The number of halogens is 4. The number of amides is 1. The van der Waals surface area contributed by atoms with E-state index in [0.717, 1.165) is 4.90 Å². The average Bonchev–Trinajstić information content (AvgIpc) is 2.43. The molecule has 0 radical (unpaired) electrons. The van der Waals surface area contributed by atoms with Gasteiger partial charge in [0.2, 0.25) is 0 Å². The summed E-state index contributed by atoms with van der Waals surface area (Å²) >= 11 is 0. The maximum atomic E-state index is 13.3. The summed E-state index contributed by atoms with van der Waals surface area (Å²) in [5.41, 5.74) is 0.606. The van der Waals surface area contributed by atoms with Crippen LogP contribution >= 0.6 is 0 Å². The second-order valence-electron chi connectivity index (χ2n) is 4.94. The number of hydrogen-bond donors (Lipinski definition) is 0. The lowest BCUT2D eigenvalue weighted by Crippen LogP contribution is -2.49. The summed E-state index contributed by atoms with van der Waals surface area (Å²) in [5, 5.41) is 0. The molecule has 0 bridgehead atoms. The molecule has 0 N–H and O–H groups in total. The lowest BCUT2D eigenvalue weighted by atomic mass is 10.2. The molecule has 0 aromatic heterocycles. The van der Waals surface area contributed by atoms with Crippen molar-refractivity contribution in [3.05, 3.63) is 35.9 Å². The molecule has 0 saturated carbocycles. The van der Waals surface area contributed by atoms with Crippen LogP contribution in [0.25, 0.3) is 0 Å². The molecular weight excluding hydrogens is 288 g/mol. The van der Waals surface area contributed by atoms with E-state index in [9.17, 15) is 22.4 Å². The molecule has 118 valence electrons. The highest BCUT2D eigenvalue weighted by Crippen LogP contribution is 2.26. The van der Waals surface area contributed by atoms with E-state index in [0.29, 0.717) is 12.1 Å². The van der Waals surface area contributed by atoms with Gasteiger partial charge in [-0.05, 0) is 19.7 Å². The lowest BCUT2D eigenvalue weighted by Gasteiger charge is -2.28. The first-order chi connectivity index (χ1) is 9.75.